The Labute approximate surface area is 163 Å². The molecule has 0 saturated heterocycles. The van der Waals surface area contributed by atoms with Gasteiger partial charge in [-0.25, -0.2) is 0 Å². The van der Waals surface area contributed by atoms with E-state index in [1.165, 1.54) is 30.3 Å². The maximum atomic E-state index is 13.0. The number of nitrogens with one attached hydrogen (secondary N) is 1. The van der Waals surface area contributed by atoms with Crippen LogP contribution in [0.2, 0.25) is 0 Å². The number of anilines is 1. The topological polar surface area (TPSA) is 126 Å². The van der Waals surface area contributed by atoms with Crippen molar-refractivity contribution in [1.82, 2.24) is 0 Å². The van der Waals surface area contributed by atoms with Crippen LogP contribution in [0.25, 0.3) is 0 Å². The number of hydrogen-bond donors (Lipinski definition) is 3. The summed E-state index contributed by atoms with van der Waals surface area (Å²) in [5, 5.41) is 39.3. The summed E-state index contributed by atoms with van der Waals surface area (Å²) in [6.45, 7) is -1.78. The number of nitrogens with zero attached hydrogens (tertiary/aromatic N) is 2. The number of rotatable bonds is 6. The predicted octanol–water partition coefficient (Wildman–Crippen LogP) is 2.19. The predicted molar refractivity (Wildman–Crippen MR) is 93.5 cm³/mol. The minimum Gasteiger partial charge on any atom is -0.490 e. The van der Waals surface area contributed by atoms with Crippen molar-refractivity contribution in [2.24, 2.45) is 0 Å². The highest BCUT2D eigenvalue weighted by Gasteiger charge is 2.38. The number of alkyl halides is 3. The quantitative estimate of drug-likeness (QED) is 0.676. The SMILES string of the molecule is N#Cc1ccc(OC[C@](O)(CO)C(=O)Nc2ccc(C#N)c(C(F)(F)F)c2)cc1. The molecule has 150 valence electrons. The third kappa shape index (κ3) is 5.23. The molecule has 2 rings (SSSR count). The lowest BCUT2D eigenvalue weighted by Crippen LogP contribution is -2.51. The molecule has 0 aliphatic rings. The van der Waals surface area contributed by atoms with E-state index in [9.17, 15) is 28.2 Å². The van der Waals surface area contributed by atoms with Gasteiger partial charge in [-0.2, -0.15) is 23.7 Å². The maximum absolute atomic E-state index is 13.0. The number of halogens is 3. The van der Waals surface area contributed by atoms with Crippen molar-refractivity contribution in [1.29, 1.82) is 10.5 Å². The second-order valence-corrected chi connectivity index (χ2v) is 5.94. The zero-order chi connectivity index (χ0) is 21.7. The normalized spacial score (nSPS) is 12.9. The summed E-state index contributed by atoms with van der Waals surface area (Å²) in [5.41, 5.74) is -4.31. The number of nitriles is 2. The molecular formula is C19H14F3N3O4. The summed E-state index contributed by atoms with van der Waals surface area (Å²) >= 11 is 0. The lowest BCUT2D eigenvalue weighted by atomic mass is 10.0. The number of carbonyl (C=O) groups excluding carboxylic acids is 1. The molecule has 2 aromatic rings. The van der Waals surface area contributed by atoms with E-state index in [1.807, 2.05) is 6.07 Å². The molecular weight excluding hydrogens is 391 g/mol. The second kappa shape index (κ2) is 8.61. The first-order chi connectivity index (χ1) is 13.6. The third-order valence-electron chi connectivity index (χ3n) is 3.85. The number of aliphatic hydroxyl groups excluding tert-OH is 1. The van der Waals surface area contributed by atoms with Gasteiger partial charge in [0.25, 0.3) is 5.91 Å². The number of carbonyl (C=O) groups is 1. The van der Waals surface area contributed by atoms with Crippen molar-refractivity contribution in [3.05, 3.63) is 59.2 Å². The van der Waals surface area contributed by atoms with Crippen LogP contribution in [0.3, 0.4) is 0 Å². The van der Waals surface area contributed by atoms with E-state index in [-0.39, 0.29) is 11.4 Å². The van der Waals surface area contributed by atoms with Crippen LogP contribution in [0.4, 0.5) is 18.9 Å². The summed E-state index contributed by atoms with van der Waals surface area (Å²) < 4.78 is 44.3. The van der Waals surface area contributed by atoms with Crippen LogP contribution in [0.1, 0.15) is 16.7 Å². The van der Waals surface area contributed by atoms with E-state index in [2.05, 4.69) is 5.32 Å². The highest BCUT2D eigenvalue weighted by Crippen LogP contribution is 2.33. The second-order valence-electron chi connectivity index (χ2n) is 5.94. The molecule has 29 heavy (non-hydrogen) atoms. The summed E-state index contributed by atoms with van der Waals surface area (Å²) in [6, 6.07) is 11.5. The molecule has 0 fully saturated rings. The van der Waals surface area contributed by atoms with Crippen LogP contribution in [0, 0.1) is 22.7 Å². The standard InChI is InChI=1S/C19H14F3N3O4/c20-19(21,22)16-7-14(4-3-13(16)9-24)25-17(27)18(28,10-26)11-29-15-5-1-12(8-23)2-6-15/h1-7,26,28H,10-11H2,(H,25,27)/t18-/m1/s1. The Hall–Kier alpha value is -3.60. The van der Waals surface area contributed by atoms with Gasteiger partial charge in [0.2, 0.25) is 5.60 Å². The number of aliphatic hydroxyl groups is 2. The van der Waals surface area contributed by atoms with Crippen LogP contribution in [0.15, 0.2) is 42.5 Å². The Morgan fingerprint density at radius 3 is 2.28 bits per heavy atom. The molecule has 0 radical (unpaired) electrons. The van der Waals surface area contributed by atoms with Gasteiger partial charge >= 0.3 is 6.18 Å². The van der Waals surface area contributed by atoms with E-state index in [1.54, 1.807) is 0 Å². The van der Waals surface area contributed by atoms with E-state index in [4.69, 9.17) is 15.3 Å². The van der Waals surface area contributed by atoms with Gasteiger partial charge in [-0.1, -0.05) is 0 Å². The molecule has 0 saturated carbocycles. The van der Waals surface area contributed by atoms with E-state index >= 15 is 0 Å². The molecule has 0 bridgehead atoms. The van der Waals surface area contributed by atoms with Crippen molar-refractivity contribution in [2.45, 2.75) is 11.8 Å². The number of ether oxygens (including phenoxy) is 1. The van der Waals surface area contributed by atoms with Crippen LogP contribution >= 0.6 is 0 Å². The minimum atomic E-state index is -4.82. The van der Waals surface area contributed by atoms with Crippen LogP contribution in [-0.2, 0) is 11.0 Å². The molecule has 0 heterocycles. The summed E-state index contributed by atoms with van der Waals surface area (Å²) in [5.74, 6) is -1.01. The molecule has 10 heteroatoms. The molecule has 3 N–H and O–H groups in total. The Kier molecular flexibility index (Phi) is 6.44. The van der Waals surface area contributed by atoms with Gasteiger partial charge in [0, 0.05) is 5.69 Å². The third-order valence-corrected chi connectivity index (χ3v) is 3.85. The van der Waals surface area contributed by atoms with Crippen LogP contribution < -0.4 is 10.1 Å². The molecule has 0 unspecified atom stereocenters. The monoisotopic (exact) mass is 405 g/mol. The number of amides is 1. The minimum absolute atomic E-state index is 0.196. The van der Waals surface area contributed by atoms with Crippen molar-refractivity contribution in [3.8, 4) is 17.9 Å². The first-order valence-electron chi connectivity index (χ1n) is 8.02. The van der Waals surface area contributed by atoms with Gasteiger partial charge in [-0.3, -0.25) is 4.79 Å². The molecule has 1 atom stereocenters. The maximum Gasteiger partial charge on any atom is 0.417 e. The molecule has 0 spiro atoms. The number of benzene rings is 2. The fraction of sp³-hybridized carbons (Fsp3) is 0.211. The Bertz CT molecular complexity index is 978. The van der Waals surface area contributed by atoms with Crippen molar-refractivity contribution >= 4 is 11.6 Å². The highest BCUT2D eigenvalue weighted by molar-refractivity contribution is 5.97. The van der Waals surface area contributed by atoms with Crippen molar-refractivity contribution in [2.75, 3.05) is 18.5 Å². The molecule has 0 aliphatic carbocycles. The Morgan fingerprint density at radius 1 is 1.10 bits per heavy atom. The molecule has 7 nitrogen and oxygen atoms in total. The van der Waals surface area contributed by atoms with Gasteiger partial charge in [-0.15, -0.1) is 0 Å². The number of hydrogen-bond acceptors (Lipinski definition) is 6. The highest BCUT2D eigenvalue weighted by atomic mass is 19.4. The fourth-order valence-corrected chi connectivity index (χ4v) is 2.21. The first-order valence-corrected chi connectivity index (χ1v) is 8.02. The van der Waals surface area contributed by atoms with Gasteiger partial charge in [0.15, 0.2) is 0 Å². The zero-order valence-corrected chi connectivity index (χ0v) is 14.7. The van der Waals surface area contributed by atoms with Gasteiger partial charge in [0.1, 0.15) is 12.4 Å². The zero-order valence-electron chi connectivity index (χ0n) is 14.7. The van der Waals surface area contributed by atoms with E-state index in [0.717, 1.165) is 12.1 Å². The largest absolute Gasteiger partial charge is 0.490 e. The van der Waals surface area contributed by atoms with E-state index in [0.29, 0.717) is 11.6 Å². The lowest BCUT2D eigenvalue weighted by Gasteiger charge is -2.25. The lowest BCUT2D eigenvalue weighted by molar-refractivity contribution is -0.142. The smallest absolute Gasteiger partial charge is 0.417 e. The average Bonchev–Trinajstić information content (AvgIpc) is 2.71. The first kappa shape index (κ1) is 21.7. The van der Waals surface area contributed by atoms with Gasteiger partial charge in [0.05, 0.1) is 35.4 Å². The van der Waals surface area contributed by atoms with Crippen molar-refractivity contribution < 1.29 is 32.9 Å². The van der Waals surface area contributed by atoms with Crippen molar-refractivity contribution in [3.63, 3.8) is 0 Å². The molecule has 2 aromatic carbocycles. The van der Waals surface area contributed by atoms with E-state index < -0.39 is 42.0 Å². The van der Waals surface area contributed by atoms with Crippen LogP contribution in [-0.4, -0.2) is 34.9 Å². The summed E-state index contributed by atoms with van der Waals surface area (Å²) in [7, 11) is 0. The molecule has 0 aromatic heterocycles. The summed E-state index contributed by atoms with van der Waals surface area (Å²) in [4.78, 5) is 12.3. The molecule has 1 amide bonds. The Balaban J connectivity index is 2.16. The average molecular weight is 405 g/mol. The summed E-state index contributed by atoms with van der Waals surface area (Å²) in [6.07, 6.45) is -4.82. The molecule has 0 aliphatic heterocycles. The van der Waals surface area contributed by atoms with Crippen LogP contribution in [0.5, 0.6) is 5.75 Å². The van der Waals surface area contributed by atoms with Gasteiger partial charge in [-0.05, 0) is 42.5 Å². The Morgan fingerprint density at radius 2 is 1.76 bits per heavy atom. The van der Waals surface area contributed by atoms with Gasteiger partial charge < -0.3 is 20.3 Å². The fourth-order valence-electron chi connectivity index (χ4n) is 2.21.